The lowest BCUT2D eigenvalue weighted by molar-refractivity contribution is 0.265. The van der Waals surface area contributed by atoms with Crippen LogP contribution in [-0.2, 0) is 0 Å². The third kappa shape index (κ3) is 2.94. The lowest BCUT2D eigenvalue weighted by Crippen LogP contribution is -2.13. The summed E-state index contributed by atoms with van der Waals surface area (Å²) in [5.41, 5.74) is 2.02. The monoisotopic (exact) mass is 234 g/mol. The molecule has 0 radical (unpaired) electrons. The topological polar surface area (TPSA) is 62.5 Å². The van der Waals surface area contributed by atoms with Gasteiger partial charge in [0.1, 0.15) is 0 Å². The van der Waals surface area contributed by atoms with Crippen LogP contribution in [0.2, 0.25) is 0 Å². The van der Waals surface area contributed by atoms with Gasteiger partial charge in [-0.1, -0.05) is 6.92 Å². The molecule has 1 atom stereocenters. The predicted molar refractivity (Wildman–Crippen MR) is 67.1 cm³/mol. The molecule has 0 bridgehead atoms. The zero-order valence-corrected chi connectivity index (χ0v) is 10.2. The second-order valence-corrected chi connectivity index (χ2v) is 4.44. The first kappa shape index (κ1) is 11.9. The SMILES string of the molecule is Cc1ccn2nc(NCC(C)CCO)nc2c1. The number of hydrogen-bond donors (Lipinski definition) is 2. The van der Waals surface area contributed by atoms with Gasteiger partial charge in [-0.15, -0.1) is 5.10 Å². The van der Waals surface area contributed by atoms with Crippen molar-refractivity contribution in [2.24, 2.45) is 5.92 Å². The molecule has 0 spiro atoms. The lowest BCUT2D eigenvalue weighted by atomic mass is 10.1. The fourth-order valence-corrected chi connectivity index (χ4v) is 1.65. The largest absolute Gasteiger partial charge is 0.396 e. The third-order valence-corrected chi connectivity index (χ3v) is 2.72. The summed E-state index contributed by atoms with van der Waals surface area (Å²) in [5.74, 6) is 1.05. The molecule has 2 rings (SSSR count). The molecule has 2 heterocycles. The van der Waals surface area contributed by atoms with E-state index in [-0.39, 0.29) is 6.61 Å². The molecule has 2 aromatic heterocycles. The summed E-state index contributed by atoms with van der Waals surface area (Å²) in [5, 5.41) is 16.3. The molecule has 0 aliphatic heterocycles. The van der Waals surface area contributed by atoms with Gasteiger partial charge >= 0.3 is 0 Å². The first-order chi connectivity index (χ1) is 8.19. The van der Waals surface area contributed by atoms with Crippen LogP contribution in [0.5, 0.6) is 0 Å². The van der Waals surface area contributed by atoms with Crippen molar-refractivity contribution < 1.29 is 5.11 Å². The van der Waals surface area contributed by atoms with Crippen molar-refractivity contribution in [3.63, 3.8) is 0 Å². The first-order valence-corrected chi connectivity index (χ1v) is 5.87. The van der Waals surface area contributed by atoms with Gasteiger partial charge in [-0.2, -0.15) is 4.98 Å². The number of aliphatic hydroxyl groups is 1. The maximum Gasteiger partial charge on any atom is 0.243 e. The van der Waals surface area contributed by atoms with E-state index in [9.17, 15) is 0 Å². The van der Waals surface area contributed by atoms with Gasteiger partial charge in [0.15, 0.2) is 5.65 Å². The molecular formula is C12H18N4O. The van der Waals surface area contributed by atoms with Gasteiger partial charge in [0.25, 0.3) is 0 Å². The summed E-state index contributed by atoms with van der Waals surface area (Å²) >= 11 is 0. The van der Waals surface area contributed by atoms with Crippen molar-refractivity contribution in [3.8, 4) is 0 Å². The summed E-state index contributed by atoms with van der Waals surface area (Å²) in [6.07, 6.45) is 2.69. The number of anilines is 1. The van der Waals surface area contributed by atoms with Crippen LogP contribution in [0.3, 0.4) is 0 Å². The van der Waals surface area contributed by atoms with Gasteiger partial charge in [0.05, 0.1) is 0 Å². The van der Waals surface area contributed by atoms with Crippen LogP contribution in [0.15, 0.2) is 18.3 Å². The molecule has 1 unspecified atom stereocenters. The van der Waals surface area contributed by atoms with E-state index in [2.05, 4.69) is 22.3 Å². The highest BCUT2D eigenvalue weighted by atomic mass is 16.3. The van der Waals surface area contributed by atoms with Gasteiger partial charge in [-0.3, -0.25) is 0 Å². The molecule has 92 valence electrons. The van der Waals surface area contributed by atoms with Crippen LogP contribution in [0.4, 0.5) is 5.95 Å². The van der Waals surface area contributed by atoms with E-state index in [1.807, 2.05) is 25.3 Å². The van der Waals surface area contributed by atoms with E-state index in [1.165, 1.54) is 5.56 Å². The molecule has 0 saturated carbocycles. The molecule has 0 saturated heterocycles. The number of fused-ring (bicyclic) bond motifs is 1. The number of nitrogens with zero attached hydrogens (tertiary/aromatic N) is 3. The molecular weight excluding hydrogens is 216 g/mol. The quantitative estimate of drug-likeness (QED) is 0.822. The van der Waals surface area contributed by atoms with E-state index in [1.54, 1.807) is 4.52 Å². The van der Waals surface area contributed by atoms with Crippen LogP contribution in [-0.4, -0.2) is 32.9 Å². The van der Waals surface area contributed by atoms with E-state index in [0.29, 0.717) is 11.9 Å². The predicted octanol–water partition coefficient (Wildman–Crippen LogP) is 1.47. The molecule has 5 nitrogen and oxygen atoms in total. The first-order valence-electron chi connectivity index (χ1n) is 5.87. The maximum atomic E-state index is 8.82. The summed E-state index contributed by atoms with van der Waals surface area (Å²) in [6.45, 7) is 5.12. The van der Waals surface area contributed by atoms with Gasteiger partial charge in [-0.05, 0) is 37.0 Å². The molecule has 0 aromatic carbocycles. The highest BCUT2D eigenvalue weighted by Crippen LogP contribution is 2.08. The van der Waals surface area contributed by atoms with Crippen LogP contribution >= 0.6 is 0 Å². The van der Waals surface area contributed by atoms with Crippen molar-refractivity contribution in [3.05, 3.63) is 23.9 Å². The Kier molecular flexibility index (Phi) is 3.58. The zero-order chi connectivity index (χ0) is 12.3. The van der Waals surface area contributed by atoms with Crippen LogP contribution in [0, 0.1) is 12.8 Å². The van der Waals surface area contributed by atoms with Crippen molar-refractivity contribution in [2.75, 3.05) is 18.5 Å². The van der Waals surface area contributed by atoms with E-state index in [4.69, 9.17) is 5.11 Å². The molecule has 0 fully saturated rings. The van der Waals surface area contributed by atoms with Gasteiger partial charge < -0.3 is 10.4 Å². The van der Waals surface area contributed by atoms with Crippen LogP contribution in [0.1, 0.15) is 18.9 Å². The van der Waals surface area contributed by atoms with E-state index >= 15 is 0 Å². The molecule has 5 heteroatoms. The lowest BCUT2D eigenvalue weighted by Gasteiger charge is -2.08. The molecule has 17 heavy (non-hydrogen) atoms. The minimum absolute atomic E-state index is 0.223. The summed E-state index contributed by atoms with van der Waals surface area (Å²) < 4.78 is 1.76. The number of aromatic nitrogens is 3. The Labute approximate surface area is 100 Å². The average molecular weight is 234 g/mol. The minimum Gasteiger partial charge on any atom is -0.396 e. The number of aryl methyl sites for hydroxylation is 1. The summed E-state index contributed by atoms with van der Waals surface area (Å²) in [6, 6.07) is 4.00. The Morgan fingerprint density at radius 1 is 1.53 bits per heavy atom. The maximum absolute atomic E-state index is 8.82. The standard InChI is InChI=1S/C12H18N4O/c1-9-3-5-16-11(7-9)14-12(15-16)13-8-10(2)4-6-17/h3,5,7,10,17H,4,6,8H2,1-2H3,(H,13,15). The highest BCUT2D eigenvalue weighted by Gasteiger charge is 2.05. The fraction of sp³-hybridized carbons (Fsp3) is 0.500. The van der Waals surface area contributed by atoms with Crippen LogP contribution < -0.4 is 5.32 Å². The average Bonchev–Trinajstić information content (AvgIpc) is 2.68. The van der Waals surface area contributed by atoms with Crippen molar-refractivity contribution in [2.45, 2.75) is 20.3 Å². The Morgan fingerprint density at radius 3 is 3.12 bits per heavy atom. The van der Waals surface area contributed by atoms with Crippen molar-refractivity contribution in [1.29, 1.82) is 0 Å². The van der Waals surface area contributed by atoms with Crippen molar-refractivity contribution >= 4 is 11.6 Å². The summed E-state index contributed by atoms with van der Waals surface area (Å²) in [7, 11) is 0. The third-order valence-electron chi connectivity index (χ3n) is 2.72. The molecule has 0 aliphatic carbocycles. The van der Waals surface area contributed by atoms with Gasteiger partial charge in [-0.25, -0.2) is 4.52 Å². The number of hydrogen-bond acceptors (Lipinski definition) is 4. The van der Waals surface area contributed by atoms with Gasteiger partial charge in [0, 0.05) is 19.3 Å². The minimum atomic E-state index is 0.223. The van der Waals surface area contributed by atoms with Gasteiger partial charge in [0.2, 0.25) is 5.95 Å². The second-order valence-electron chi connectivity index (χ2n) is 4.44. The number of aliphatic hydroxyl groups excluding tert-OH is 1. The Hall–Kier alpha value is -1.62. The number of rotatable bonds is 5. The normalized spacial score (nSPS) is 12.9. The molecule has 2 aromatic rings. The smallest absolute Gasteiger partial charge is 0.243 e. The van der Waals surface area contributed by atoms with Crippen LogP contribution in [0.25, 0.3) is 5.65 Å². The Morgan fingerprint density at radius 2 is 2.35 bits per heavy atom. The zero-order valence-electron chi connectivity index (χ0n) is 10.2. The number of nitrogens with one attached hydrogen (secondary N) is 1. The van der Waals surface area contributed by atoms with E-state index < -0.39 is 0 Å². The molecule has 0 aliphatic rings. The fourth-order valence-electron chi connectivity index (χ4n) is 1.65. The molecule has 0 amide bonds. The molecule has 2 N–H and O–H groups in total. The Balaban J connectivity index is 2.04. The second kappa shape index (κ2) is 5.14. The summed E-state index contributed by atoms with van der Waals surface area (Å²) in [4.78, 5) is 4.38. The number of pyridine rings is 1. The highest BCUT2D eigenvalue weighted by molar-refractivity contribution is 5.45. The van der Waals surface area contributed by atoms with Crippen molar-refractivity contribution in [1.82, 2.24) is 14.6 Å². The Bertz CT molecular complexity index is 494. The van der Waals surface area contributed by atoms with E-state index in [0.717, 1.165) is 18.6 Å².